The van der Waals surface area contributed by atoms with Gasteiger partial charge in [0.1, 0.15) is 0 Å². The number of nitrogens with one attached hydrogen (secondary N) is 1. The molecule has 1 N–H and O–H groups in total. The molecule has 4 aliphatic rings. The van der Waals surface area contributed by atoms with E-state index in [1.165, 1.54) is 55.2 Å². The van der Waals surface area contributed by atoms with E-state index in [4.69, 9.17) is 0 Å². The minimum Gasteiger partial charge on any atom is -0.353 e. The summed E-state index contributed by atoms with van der Waals surface area (Å²) in [4.78, 5) is 12.1. The average molecular weight is 440 g/mol. The molecule has 2 heteroatoms. The fourth-order valence-corrected chi connectivity index (χ4v) is 8.39. The van der Waals surface area contributed by atoms with Gasteiger partial charge in [-0.3, -0.25) is 4.79 Å². The number of piperidine rings is 1. The molecule has 6 rings (SSSR count). The Balaban J connectivity index is 1.24. The minimum absolute atomic E-state index is 0.279. The van der Waals surface area contributed by atoms with Crippen molar-refractivity contribution in [2.45, 2.75) is 71.3 Å². The predicted octanol–water partition coefficient (Wildman–Crippen LogP) is 7.26. The Morgan fingerprint density at radius 2 is 1.58 bits per heavy atom. The number of carbonyl (C=O) groups is 1. The smallest absolute Gasteiger partial charge is 0.220 e. The van der Waals surface area contributed by atoms with Crippen molar-refractivity contribution in [2.75, 3.05) is 0 Å². The van der Waals surface area contributed by atoms with Gasteiger partial charge in [0.05, 0.1) is 0 Å². The molecule has 2 aromatic carbocycles. The van der Waals surface area contributed by atoms with Gasteiger partial charge in [-0.2, -0.15) is 0 Å². The summed E-state index contributed by atoms with van der Waals surface area (Å²) < 4.78 is 0. The molecule has 1 aliphatic heterocycles. The molecule has 3 aliphatic carbocycles. The average Bonchev–Trinajstić information content (AvgIpc) is 3.17. The second-order valence-corrected chi connectivity index (χ2v) is 11.7. The van der Waals surface area contributed by atoms with Gasteiger partial charge in [-0.1, -0.05) is 80.1 Å². The molecule has 2 nitrogen and oxygen atoms in total. The van der Waals surface area contributed by atoms with Gasteiger partial charge in [-0.25, -0.2) is 0 Å². The molecule has 1 heterocycles. The molecule has 0 aromatic heterocycles. The lowest BCUT2D eigenvalue weighted by atomic mass is 9.47. The van der Waals surface area contributed by atoms with Gasteiger partial charge in [0, 0.05) is 12.5 Å². The largest absolute Gasteiger partial charge is 0.353 e. The van der Waals surface area contributed by atoms with Crippen LogP contribution in [-0.4, -0.2) is 11.9 Å². The van der Waals surface area contributed by atoms with E-state index in [-0.39, 0.29) is 5.91 Å². The van der Waals surface area contributed by atoms with Gasteiger partial charge in [0.15, 0.2) is 0 Å². The standard InChI is InChI=1S/C31H37NO/c1-30-18-16-27-25(13-15-28-31(27,2)19-17-29(33)32-28)26(30)14-12-24(30)20-21-8-10-23(11-9-21)22-6-4-3-5-7-22/h3-11,20,25-28H,12-19H2,1-2H3,(H,32,33)/b24-20+/t25-,26-,27-,28+,30+,31+/m0/s1. The van der Waals surface area contributed by atoms with E-state index in [1.54, 1.807) is 5.57 Å². The van der Waals surface area contributed by atoms with Crippen molar-refractivity contribution in [3.8, 4) is 11.1 Å². The monoisotopic (exact) mass is 439 g/mol. The third kappa shape index (κ3) is 3.40. The highest BCUT2D eigenvalue weighted by Crippen LogP contribution is 2.65. The minimum atomic E-state index is 0.279. The summed E-state index contributed by atoms with van der Waals surface area (Å²) in [5.41, 5.74) is 6.25. The van der Waals surface area contributed by atoms with Gasteiger partial charge in [0.25, 0.3) is 0 Å². The Bertz CT molecular complexity index is 1070. The summed E-state index contributed by atoms with van der Waals surface area (Å²) in [7, 11) is 0. The lowest BCUT2D eigenvalue weighted by Gasteiger charge is -2.59. The maximum absolute atomic E-state index is 12.1. The molecule has 0 bridgehead atoms. The molecule has 1 saturated heterocycles. The van der Waals surface area contributed by atoms with Crippen LogP contribution in [0, 0.1) is 28.6 Å². The van der Waals surface area contributed by atoms with Crippen LogP contribution < -0.4 is 5.32 Å². The summed E-state index contributed by atoms with van der Waals surface area (Å²) in [5.74, 6) is 2.69. The number of fused-ring (bicyclic) bond motifs is 5. The first kappa shape index (κ1) is 21.2. The van der Waals surface area contributed by atoms with Crippen LogP contribution in [0.1, 0.15) is 70.8 Å². The van der Waals surface area contributed by atoms with E-state index in [0.29, 0.717) is 16.9 Å². The quantitative estimate of drug-likeness (QED) is 0.524. The SMILES string of the molecule is C[C@]12CCC(=O)N[C@@H]1CC[C@@H]1[C@@H]2CC[C@]2(C)/C(=C/c3ccc(-c4ccccc4)cc3)CC[C@@H]12. The van der Waals surface area contributed by atoms with Gasteiger partial charge >= 0.3 is 0 Å². The first-order valence-corrected chi connectivity index (χ1v) is 13.1. The van der Waals surface area contributed by atoms with Crippen LogP contribution >= 0.6 is 0 Å². The van der Waals surface area contributed by atoms with Crippen LogP contribution in [0.4, 0.5) is 0 Å². The van der Waals surface area contributed by atoms with Crippen molar-refractivity contribution in [2.24, 2.45) is 28.6 Å². The predicted molar refractivity (Wildman–Crippen MR) is 135 cm³/mol. The van der Waals surface area contributed by atoms with Crippen LogP contribution in [0.3, 0.4) is 0 Å². The number of hydrogen-bond donors (Lipinski definition) is 1. The van der Waals surface area contributed by atoms with E-state index in [0.717, 1.165) is 30.6 Å². The Morgan fingerprint density at radius 3 is 2.36 bits per heavy atom. The molecular weight excluding hydrogens is 402 g/mol. The van der Waals surface area contributed by atoms with Crippen LogP contribution in [0.5, 0.6) is 0 Å². The Kier molecular flexibility index (Phi) is 5.05. The maximum Gasteiger partial charge on any atom is 0.220 e. The van der Waals surface area contributed by atoms with Crippen LogP contribution in [0.2, 0.25) is 0 Å². The topological polar surface area (TPSA) is 29.1 Å². The number of benzene rings is 2. The lowest BCUT2D eigenvalue weighted by Crippen LogP contribution is -2.60. The number of amides is 1. The first-order chi connectivity index (χ1) is 16.0. The van der Waals surface area contributed by atoms with Crippen LogP contribution in [0.15, 0.2) is 60.2 Å². The lowest BCUT2D eigenvalue weighted by molar-refractivity contribution is -0.134. The van der Waals surface area contributed by atoms with Crippen molar-refractivity contribution in [3.63, 3.8) is 0 Å². The normalized spacial score (nSPS) is 38.8. The fourth-order valence-electron chi connectivity index (χ4n) is 8.39. The van der Waals surface area contributed by atoms with E-state index < -0.39 is 0 Å². The number of allylic oxidation sites excluding steroid dienone is 1. The molecule has 33 heavy (non-hydrogen) atoms. The highest BCUT2D eigenvalue weighted by atomic mass is 16.1. The number of hydrogen-bond acceptors (Lipinski definition) is 1. The third-order valence-electron chi connectivity index (χ3n) is 10.3. The molecular formula is C31H37NO. The van der Waals surface area contributed by atoms with Gasteiger partial charge in [-0.05, 0) is 90.2 Å². The molecule has 1 amide bonds. The number of carbonyl (C=O) groups excluding carboxylic acids is 1. The Morgan fingerprint density at radius 1 is 0.818 bits per heavy atom. The highest BCUT2D eigenvalue weighted by molar-refractivity contribution is 5.77. The summed E-state index contributed by atoms with van der Waals surface area (Å²) in [5, 5.41) is 3.37. The maximum atomic E-state index is 12.1. The molecule has 0 unspecified atom stereocenters. The molecule has 4 fully saturated rings. The van der Waals surface area contributed by atoms with Gasteiger partial charge in [-0.15, -0.1) is 0 Å². The third-order valence-corrected chi connectivity index (χ3v) is 10.3. The fraction of sp³-hybridized carbons (Fsp3) is 0.516. The number of rotatable bonds is 2. The van der Waals surface area contributed by atoms with Gasteiger partial charge in [0.2, 0.25) is 5.91 Å². The molecule has 3 saturated carbocycles. The summed E-state index contributed by atoms with van der Waals surface area (Å²) >= 11 is 0. The Labute approximate surface area is 198 Å². The zero-order chi connectivity index (χ0) is 22.6. The van der Waals surface area contributed by atoms with Crippen molar-refractivity contribution in [1.29, 1.82) is 0 Å². The Hall–Kier alpha value is -2.35. The molecule has 172 valence electrons. The van der Waals surface area contributed by atoms with Crippen molar-refractivity contribution < 1.29 is 4.79 Å². The van der Waals surface area contributed by atoms with Crippen molar-refractivity contribution in [1.82, 2.24) is 5.32 Å². The molecule has 6 atom stereocenters. The molecule has 0 radical (unpaired) electrons. The zero-order valence-corrected chi connectivity index (χ0v) is 20.1. The van der Waals surface area contributed by atoms with Crippen molar-refractivity contribution >= 4 is 12.0 Å². The second-order valence-electron chi connectivity index (χ2n) is 11.7. The summed E-state index contributed by atoms with van der Waals surface area (Å²) in [6, 6.07) is 20.2. The van der Waals surface area contributed by atoms with Crippen LogP contribution in [0.25, 0.3) is 17.2 Å². The molecule has 0 spiro atoms. The van der Waals surface area contributed by atoms with Gasteiger partial charge < -0.3 is 5.32 Å². The molecule has 2 aromatic rings. The van der Waals surface area contributed by atoms with Crippen LogP contribution in [-0.2, 0) is 4.79 Å². The first-order valence-electron chi connectivity index (χ1n) is 13.1. The van der Waals surface area contributed by atoms with E-state index in [9.17, 15) is 4.79 Å². The summed E-state index contributed by atoms with van der Waals surface area (Å²) in [6.07, 6.45) is 12.0. The van der Waals surface area contributed by atoms with E-state index >= 15 is 0 Å². The zero-order valence-electron chi connectivity index (χ0n) is 20.1. The summed E-state index contributed by atoms with van der Waals surface area (Å²) in [6.45, 7) is 5.07. The van der Waals surface area contributed by atoms with E-state index in [1.807, 2.05) is 0 Å². The highest BCUT2D eigenvalue weighted by Gasteiger charge is 2.59. The van der Waals surface area contributed by atoms with Crippen molar-refractivity contribution in [3.05, 3.63) is 65.7 Å². The van der Waals surface area contributed by atoms with E-state index in [2.05, 4.69) is 79.8 Å². The second kappa shape index (κ2) is 7.86.